The summed E-state index contributed by atoms with van der Waals surface area (Å²) >= 11 is 0. The van der Waals surface area contributed by atoms with Crippen LogP contribution in [0.2, 0.25) is 0 Å². The summed E-state index contributed by atoms with van der Waals surface area (Å²) in [6, 6.07) is 0.827. The number of nitrogen functional groups attached to an aromatic ring is 1. The lowest BCUT2D eigenvalue weighted by atomic mass is 9.75. The van der Waals surface area contributed by atoms with Crippen LogP contribution in [0.25, 0.3) is 0 Å². The number of hydrogen-bond acceptors (Lipinski definition) is 4. The molecule has 0 unspecified atom stereocenters. The molecular formula is C14H22F2N4. The van der Waals surface area contributed by atoms with E-state index < -0.39 is 11.6 Å². The molecule has 1 aromatic rings. The molecule has 1 aliphatic rings. The second-order valence-electron chi connectivity index (χ2n) is 6.40. The number of nitrogens with zero attached hydrogens (tertiary/aromatic N) is 2. The van der Waals surface area contributed by atoms with Crippen molar-refractivity contribution in [2.45, 2.75) is 33.6 Å². The Labute approximate surface area is 118 Å². The van der Waals surface area contributed by atoms with Crippen molar-refractivity contribution >= 4 is 11.6 Å². The van der Waals surface area contributed by atoms with Gasteiger partial charge in [0.25, 0.3) is 0 Å². The molecule has 4 nitrogen and oxygen atoms in total. The van der Waals surface area contributed by atoms with E-state index in [-0.39, 0.29) is 17.1 Å². The summed E-state index contributed by atoms with van der Waals surface area (Å²) in [6.45, 7) is 8.12. The van der Waals surface area contributed by atoms with Crippen molar-refractivity contribution in [3.8, 4) is 0 Å². The summed E-state index contributed by atoms with van der Waals surface area (Å²) in [7, 11) is 0. The average Bonchev–Trinajstić information content (AvgIpc) is 2.38. The molecular weight excluding hydrogens is 262 g/mol. The van der Waals surface area contributed by atoms with E-state index in [0.29, 0.717) is 5.92 Å². The minimum Gasteiger partial charge on any atom is -0.354 e. The van der Waals surface area contributed by atoms with Gasteiger partial charge in [0, 0.05) is 19.2 Å². The number of halogens is 2. The number of nitrogens with one attached hydrogen (secondary N) is 1. The minimum absolute atomic E-state index is 0.126. The van der Waals surface area contributed by atoms with Gasteiger partial charge in [-0.05, 0) is 24.2 Å². The third kappa shape index (κ3) is 3.00. The second kappa shape index (κ2) is 5.52. The van der Waals surface area contributed by atoms with Gasteiger partial charge in [-0.2, -0.15) is 0 Å². The van der Waals surface area contributed by atoms with E-state index >= 15 is 0 Å². The lowest BCUT2D eigenvalue weighted by Crippen LogP contribution is -2.39. The Morgan fingerprint density at radius 1 is 1.25 bits per heavy atom. The molecule has 0 spiro atoms. The first-order valence-electron chi connectivity index (χ1n) is 6.90. The number of pyridine rings is 1. The van der Waals surface area contributed by atoms with E-state index in [1.165, 1.54) is 0 Å². The van der Waals surface area contributed by atoms with Crippen molar-refractivity contribution in [1.29, 1.82) is 0 Å². The molecule has 0 amide bonds. The molecule has 0 saturated carbocycles. The Hall–Kier alpha value is -1.43. The molecule has 6 heteroatoms. The minimum atomic E-state index is -0.779. The van der Waals surface area contributed by atoms with Gasteiger partial charge in [-0.15, -0.1) is 0 Å². The SMILES string of the molecule is CC(C)(C)C1CCN(c2nc(NN)c(F)cc2F)CC1. The zero-order chi connectivity index (χ0) is 14.9. The standard InChI is InChI=1S/C14H22F2N4/c1-14(2,3)9-4-6-20(7-5-9)13-11(16)8-10(15)12(18-13)19-17/h8-9H,4-7,17H2,1-3H3,(H,18,19). The largest absolute Gasteiger partial charge is 0.354 e. The van der Waals surface area contributed by atoms with Crippen LogP contribution in [-0.4, -0.2) is 18.1 Å². The van der Waals surface area contributed by atoms with Gasteiger partial charge in [-0.25, -0.2) is 19.6 Å². The molecule has 3 N–H and O–H groups in total. The molecule has 0 atom stereocenters. The van der Waals surface area contributed by atoms with Gasteiger partial charge >= 0.3 is 0 Å². The van der Waals surface area contributed by atoms with Gasteiger partial charge in [0.15, 0.2) is 23.3 Å². The van der Waals surface area contributed by atoms with Crippen LogP contribution in [0.1, 0.15) is 33.6 Å². The Morgan fingerprint density at radius 3 is 2.35 bits per heavy atom. The van der Waals surface area contributed by atoms with E-state index in [4.69, 9.17) is 5.84 Å². The van der Waals surface area contributed by atoms with Crippen LogP contribution < -0.4 is 16.2 Å². The Bertz CT molecular complexity index is 477. The third-order valence-corrected chi connectivity index (χ3v) is 4.07. The van der Waals surface area contributed by atoms with Crippen molar-refractivity contribution in [1.82, 2.24) is 4.98 Å². The van der Waals surface area contributed by atoms with Gasteiger partial charge in [-0.1, -0.05) is 20.8 Å². The maximum atomic E-state index is 13.9. The normalized spacial score (nSPS) is 17.4. The summed E-state index contributed by atoms with van der Waals surface area (Å²) in [5.74, 6) is 4.42. The number of nitrogens with two attached hydrogens (primary N) is 1. The monoisotopic (exact) mass is 284 g/mol. The van der Waals surface area contributed by atoms with Gasteiger partial charge < -0.3 is 10.3 Å². The van der Waals surface area contributed by atoms with Gasteiger partial charge in [0.2, 0.25) is 0 Å². The first-order valence-corrected chi connectivity index (χ1v) is 6.90. The number of anilines is 2. The average molecular weight is 284 g/mol. The summed E-state index contributed by atoms with van der Waals surface area (Å²) < 4.78 is 27.2. The number of hydrazine groups is 1. The predicted octanol–water partition coefficient (Wildman–Crippen LogP) is 2.91. The van der Waals surface area contributed by atoms with E-state index in [1.54, 1.807) is 0 Å². The quantitative estimate of drug-likeness (QED) is 0.647. The zero-order valence-electron chi connectivity index (χ0n) is 12.2. The van der Waals surface area contributed by atoms with Crippen molar-refractivity contribution in [3.63, 3.8) is 0 Å². The van der Waals surface area contributed by atoms with Crippen LogP contribution >= 0.6 is 0 Å². The van der Waals surface area contributed by atoms with Gasteiger partial charge in [0.1, 0.15) is 0 Å². The second-order valence-corrected chi connectivity index (χ2v) is 6.40. The summed E-state index contributed by atoms with van der Waals surface area (Å²) in [5.41, 5.74) is 2.41. The molecule has 2 heterocycles. The molecule has 1 fully saturated rings. The lowest BCUT2D eigenvalue weighted by molar-refractivity contribution is 0.198. The molecule has 1 saturated heterocycles. The van der Waals surface area contributed by atoms with Crippen LogP contribution in [-0.2, 0) is 0 Å². The first-order chi connectivity index (χ1) is 9.32. The predicted molar refractivity (Wildman–Crippen MR) is 76.4 cm³/mol. The van der Waals surface area contributed by atoms with E-state index in [1.807, 2.05) is 4.90 Å². The van der Waals surface area contributed by atoms with Gasteiger partial charge in [-0.3, -0.25) is 0 Å². The number of rotatable bonds is 2. The molecule has 2 rings (SSSR count). The zero-order valence-corrected chi connectivity index (χ0v) is 12.2. The molecule has 112 valence electrons. The molecule has 20 heavy (non-hydrogen) atoms. The van der Waals surface area contributed by atoms with Crippen LogP contribution in [0.4, 0.5) is 20.4 Å². The van der Waals surface area contributed by atoms with Crippen molar-refractivity contribution < 1.29 is 8.78 Å². The molecule has 1 aliphatic heterocycles. The van der Waals surface area contributed by atoms with Crippen LogP contribution in [0.3, 0.4) is 0 Å². The van der Waals surface area contributed by atoms with Gasteiger partial charge in [0.05, 0.1) is 0 Å². The van der Waals surface area contributed by atoms with Crippen molar-refractivity contribution in [3.05, 3.63) is 17.7 Å². The highest BCUT2D eigenvalue weighted by molar-refractivity contribution is 5.49. The number of hydrogen-bond donors (Lipinski definition) is 2. The third-order valence-electron chi connectivity index (χ3n) is 4.07. The highest BCUT2D eigenvalue weighted by Crippen LogP contribution is 2.36. The van der Waals surface area contributed by atoms with E-state index in [2.05, 4.69) is 31.2 Å². The summed E-state index contributed by atoms with van der Waals surface area (Å²) in [5, 5.41) is 0. The molecule has 0 bridgehead atoms. The summed E-state index contributed by atoms with van der Waals surface area (Å²) in [4.78, 5) is 5.80. The maximum absolute atomic E-state index is 13.9. The molecule has 0 radical (unpaired) electrons. The van der Waals surface area contributed by atoms with Crippen molar-refractivity contribution in [2.75, 3.05) is 23.4 Å². The highest BCUT2D eigenvalue weighted by atomic mass is 19.1. The van der Waals surface area contributed by atoms with Crippen molar-refractivity contribution in [2.24, 2.45) is 17.2 Å². The molecule has 0 aliphatic carbocycles. The maximum Gasteiger partial charge on any atom is 0.178 e. The summed E-state index contributed by atoms with van der Waals surface area (Å²) in [6.07, 6.45) is 1.96. The fraction of sp³-hybridized carbons (Fsp3) is 0.643. The Balaban J connectivity index is 2.15. The fourth-order valence-corrected chi connectivity index (χ4v) is 2.74. The Kier molecular flexibility index (Phi) is 4.13. The number of aromatic nitrogens is 1. The number of piperidine rings is 1. The van der Waals surface area contributed by atoms with Crippen LogP contribution in [0.5, 0.6) is 0 Å². The Morgan fingerprint density at radius 2 is 1.85 bits per heavy atom. The first kappa shape index (κ1) is 15.0. The van der Waals surface area contributed by atoms with Crippen LogP contribution in [0, 0.1) is 23.0 Å². The van der Waals surface area contributed by atoms with E-state index in [9.17, 15) is 8.78 Å². The smallest absolute Gasteiger partial charge is 0.178 e. The molecule has 1 aromatic heterocycles. The molecule has 0 aromatic carbocycles. The van der Waals surface area contributed by atoms with E-state index in [0.717, 1.165) is 32.0 Å². The lowest BCUT2D eigenvalue weighted by Gasteiger charge is -2.39. The topological polar surface area (TPSA) is 54.2 Å². The fourth-order valence-electron chi connectivity index (χ4n) is 2.74. The van der Waals surface area contributed by atoms with Crippen LogP contribution in [0.15, 0.2) is 6.07 Å². The highest BCUT2D eigenvalue weighted by Gasteiger charge is 2.30.